The minimum atomic E-state index is -0.714. The summed E-state index contributed by atoms with van der Waals surface area (Å²) < 4.78 is 5.92. The van der Waals surface area contributed by atoms with Crippen molar-refractivity contribution in [1.29, 1.82) is 0 Å². The van der Waals surface area contributed by atoms with E-state index in [9.17, 15) is 9.59 Å². The van der Waals surface area contributed by atoms with Crippen LogP contribution in [0.1, 0.15) is 181 Å². The first-order chi connectivity index (χ1) is 20.1. The number of allylic oxidation sites excluding steroid dienone is 6. The number of carbonyl (C=O) groups is 2. The molecular formula is C37H66O4. The number of rotatable bonds is 31. The molecule has 0 aliphatic rings. The second-order valence-electron chi connectivity index (χ2n) is 11.7. The fraction of sp³-hybridized carbons (Fsp3) is 0.784. The summed E-state index contributed by atoms with van der Waals surface area (Å²) in [4.78, 5) is 23.2. The average molecular weight is 575 g/mol. The van der Waals surface area contributed by atoms with Crippen molar-refractivity contribution >= 4 is 11.9 Å². The SMILES string of the molecule is CC/C=C\C/C=C\C/C=C\CCCCCCCCCC(=O)OC(CCCCCCCCC)CCCCCCC(=O)O. The van der Waals surface area contributed by atoms with Crippen molar-refractivity contribution in [3.8, 4) is 0 Å². The Labute approximate surface area is 254 Å². The Kier molecular flexibility index (Phi) is 31.2. The standard InChI is InChI=1S/C37H66O4/c1-3-5-7-9-11-12-13-14-15-16-17-18-19-20-22-24-30-34-37(40)41-35(31-27-23-21-10-8-6-4-2)32-28-25-26-29-33-36(38)39/h5,7,11-12,14-15,35H,3-4,6,8-10,13,16-34H2,1-2H3,(H,38,39)/b7-5-,12-11-,15-14-. The van der Waals surface area contributed by atoms with E-state index in [1.807, 2.05) is 0 Å². The van der Waals surface area contributed by atoms with Gasteiger partial charge in [0.2, 0.25) is 0 Å². The second kappa shape index (κ2) is 32.7. The molecule has 0 aromatic rings. The van der Waals surface area contributed by atoms with Crippen LogP contribution < -0.4 is 0 Å². The van der Waals surface area contributed by atoms with Crippen LogP contribution in [0.15, 0.2) is 36.5 Å². The van der Waals surface area contributed by atoms with Crippen LogP contribution in [0.25, 0.3) is 0 Å². The first-order valence-corrected chi connectivity index (χ1v) is 17.5. The highest BCUT2D eigenvalue weighted by molar-refractivity contribution is 5.69. The zero-order chi connectivity index (χ0) is 30.1. The molecule has 41 heavy (non-hydrogen) atoms. The van der Waals surface area contributed by atoms with Gasteiger partial charge >= 0.3 is 11.9 Å². The summed E-state index contributed by atoms with van der Waals surface area (Å²) >= 11 is 0. The second-order valence-corrected chi connectivity index (χ2v) is 11.7. The number of carboxylic acids is 1. The molecule has 0 radical (unpaired) electrons. The maximum absolute atomic E-state index is 12.5. The van der Waals surface area contributed by atoms with Gasteiger partial charge in [0.1, 0.15) is 6.10 Å². The molecule has 238 valence electrons. The highest BCUT2D eigenvalue weighted by Gasteiger charge is 2.14. The van der Waals surface area contributed by atoms with E-state index >= 15 is 0 Å². The lowest BCUT2D eigenvalue weighted by atomic mass is 10.0. The minimum Gasteiger partial charge on any atom is -0.481 e. The van der Waals surface area contributed by atoms with Gasteiger partial charge in [-0.3, -0.25) is 9.59 Å². The molecule has 0 saturated carbocycles. The summed E-state index contributed by atoms with van der Waals surface area (Å²) in [5, 5.41) is 8.80. The number of unbranched alkanes of at least 4 members (excludes halogenated alkanes) is 16. The van der Waals surface area contributed by atoms with Crippen molar-refractivity contribution in [2.75, 3.05) is 0 Å². The molecule has 0 saturated heterocycles. The van der Waals surface area contributed by atoms with Gasteiger partial charge in [-0.25, -0.2) is 0 Å². The summed E-state index contributed by atoms with van der Waals surface area (Å²) in [6, 6.07) is 0. The van der Waals surface area contributed by atoms with Crippen LogP contribution in [-0.2, 0) is 14.3 Å². The van der Waals surface area contributed by atoms with Crippen LogP contribution in [-0.4, -0.2) is 23.1 Å². The average Bonchev–Trinajstić information content (AvgIpc) is 2.95. The molecular weight excluding hydrogens is 508 g/mol. The number of hydrogen-bond donors (Lipinski definition) is 1. The molecule has 4 heteroatoms. The van der Waals surface area contributed by atoms with E-state index in [1.54, 1.807) is 0 Å². The smallest absolute Gasteiger partial charge is 0.306 e. The zero-order valence-electron chi connectivity index (χ0n) is 27.1. The van der Waals surface area contributed by atoms with Crippen LogP contribution in [0.4, 0.5) is 0 Å². The molecule has 0 rings (SSSR count). The van der Waals surface area contributed by atoms with Gasteiger partial charge < -0.3 is 9.84 Å². The van der Waals surface area contributed by atoms with Crippen molar-refractivity contribution < 1.29 is 19.4 Å². The van der Waals surface area contributed by atoms with Gasteiger partial charge in [-0.15, -0.1) is 0 Å². The Bertz CT molecular complexity index is 664. The van der Waals surface area contributed by atoms with Gasteiger partial charge in [0.15, 0.2) is 0 Å². The number of aliphatic carboxylic acids is 1. The number of esters is 1. The van der Waals surface area contributed by atoms with Crippen LogP contribution in [0.2, 0.25) is 0 Å². The summed E-state index contributed by atoms with van der Waals surface area (Å²) in [5.41, 5.74) is 0. The Morgan fingerprint density at radius 3 is 1.59 bits per heavy atom. The van der Waals surface area contributed by atoms with Crippen LogP contribution in [0.5, 0.6) is 0 Å². The molecule has 0 bridgehead atoms. The maximum Gasteiger partial charge on any atom is 0.306 e. The van der Waals surface area contributed by atoms with Crippen molar-refractivity contribution in [3.63, 3.8) is 0 Å². The predicted octanol–water partition coefficient (Wildman–Crippen LogP) is 11.8. The number of hydrogen-bond acceptors (Lipinski definition) is 3. The monoisotopic (exact) mass is 574 g/mol. The normalized spacial score (nSPS) is 12.6. The molecule has 0 spiro atoms. The third-order valence-electron chi connectivity index (χ3n) is 7.63. The van der Waals surface area contributed by atoms with Crippen molar-refractivity contribution in [1.82, 2.24) is 0 Å². The molecule has 0 amide bonds. The quantitative estimate of drug-likeness (QED) is 0.0508. The third-order valence-corrected chi connectivity index (χ3v) is 7.63. The third kappa shape index (κ3) is 32.5. The van der Waals surface area contributed by atoms with E-state index in [0.29, 0.717) is 6.42 Å². The van der Waals surface area contributed by atoms with Gasteiger partial charge in [-0.05, 0) is 70.6 Å². The van der Waals surface area contributed by atoms with Crippen LogP contribution in [0, 0.1) is 0 Å². The van der Waals surface area contributed by atoms with E-state index in [4.69, 9.17) is 9.84 Å². The minimum absolute atomic E-state index is 0.0251. The number of ether oxygens (including phenoxy) is 1. The summed E-state index contributed by atoms with van der Waals surface area (Å²) in [6.45, 7) is 4.41. The van der Waals surface area contributed by atoms with Gasteiger partial charge in [0, 0.05) is 12.8 Å². The number of carbonyl (C=O) groups excluding carboxylic acids is 1. The first kappa shape index (κ1) is 39.2. The molecule has 4 nitrogen and oxygen atoms in total. The van der Waals surface area contributed by atoms with Crippen LogP contribution in [0.3, 0.4) is 0 Å². The Balaban J connectivity index is 3.92. The summed E-state index contributed by atoms with van der Waals surface area (Å²) in [6.07, 6.45) is 41.6. The number of carboxylic acid groups (broad SMARTS) is 1. The molecule has 0 aromatic carbocycles. The fourth-order valence-corrected chi connectivity index (χ4v) is 5.08. The van der Waals surface area contributed by atoms with E-state index in [2.05, 4.69) is 50.3 Å². The van der Waals surface area contributed by atoms with Crippen molar-refractivity contribution in [2.24, 2.45) is 0 Å². The highest BCUT2D eigenvalue weighted by Crippen LogP contribution is 2.18. The molecule has 1 unspecified atom stereocenters. The zero-order valence-corrected chi connectivity index (χ0v) is 27.1. The summed E-state index contributed by atoms with van der Waals surface area (Å²) in [5.74, 6) is -0.739. The predicted molar refractivity (Wildman–Crippen MR) is 176 cm³/mol. The topological polar surface area (TPSA) is 63.6 Å². The molecule has 0 aliphatic heterocycles. The van der Waals surface area contributed by atoms with Crippen LogP contribution >= 0.6 is 0 Å². The Morgan fingerprint density at radius 1 is 0.561 bits per heavy atom. The molecule has 1 atom stereocenters. The van der Waals surface area contributed by atoms with E-state index in [1.165, 1.54) is 77.0 Å². The van der Waals surface area contributed by atoms with E-state index in [0.717, 1.165) is 77.0 Å². The van der Waals surface area contributed by atoms with Crippen molar-refractivity contribution in [2.45, 2.75) is 187 Å². The van der Waals surface area contributed by atoms with Gasteiger partial charge in [-0.2, -0.15) is 0 Å². The maximum atomic E-state index is 12.5. The van der Waals surface area contributed by atoms with E-state index in [-0.39, 0.29) is 18.5 Å². The van der Waals surface area contributed by atoms with Gasteiger partial charge in [0.05, 0.1) is 0 Å². The van der Waals surface area contributed by atoms with E-state index < -0.39 is 5.97 Å². The van der Waals surface area contributed by atoms with Gasteiger partial charge in [0.25, 0.3) is 0 Å². The molecule has 1 N–H and O–H groups in total. The first-order valence-electron chi connectivity index (χ1n) is 17.5. The molecule has 0 heterocycles. The Morgan fingerprint density at radius 2 is 1.02 bits per heavy atom. The largest absolute Gasteiger partial charge is 0.481 e. The summed E-state index contributed by atoms with van der Waals surface area (Å²) in [7, 11) is 0. The fourth-order valence-electron chi connectivity index (χ4n) is 5.08. The lowest BCUT2D eigenvalue weighted by Crippen LogP contribution is -2.18. The van der Waals surface area contributed by atoms with Gasteiger partial charge in [-0.1, -0.05) is 134 Å². The lowest BCUT2D eigenvalue weighted by Gasteiger charge is -2.18. The molecule has 0 aliphatic carbocycles. The molecule has 0 aromatic heterocycles. The highest BCUT2D eigenvalue weighted by atomic mass is 16.5. The lowest BCUT2D eigenvalue weighted by molar-refractivity contribution is -0.150. The molecule has 0 fully saturated rings. The van der Waals surface area contributed by atoms with Crippen molar-refractivity contribution in [3.05, 3.63) is 36.5 Å². The Hall–Kier alpha value is -1.84.